The number of pyridine rings is 1. The molecular weight excluding hydrogens is 537 g/mol. The van der Waals surface area contributed by atoms with E-state index in [4.69, 9.17) is 17.3 Å². The average molecular weight is 553 g/mol. The van der Waals surface area contributed by atoms with E-state index in [1.54, 1.807) is 22.9 Å². The van der Waals surface area contributed by atoms with Crippen molar-refractivity contribution in [2.75, 3.05) is 5.32 Å². The lowest BCUT2D eigenvalue weighted by atomic mass is 10.0. The fourth-order valence-electron chi connectivity index (χ4n) is 3.94. The van der Waals surface area contributed by atoms with Crippen LogP contribution in [0.4, 0.5) is 10.1 Å². The Kier molecular flexibility index (Phi) is 5.96. The molecule has 0 atom stereocenters. The van der Waals surface area contributed by atoms with Crippen LogP contribution in [-0.4, -0.2) is 26.6 Å². The van der Waals surface area contributed by atoms with Gasteiger partial charge in [0.2, 0.25) is 5.91 Å². The molecule has 2 amide bonds. The van der Waals surface area contributed by atoms with Gasteiger partial charge in [-0.3, -0.25) is 14.6 Å². The van der Waals surface area contributed by atoms with E-state index in [1.807, 2.05) is 18.2 Å². The van der Waals surface area contributed by atoms with Crippen LogP contribution in [-0.2, 0) is 11.2 Å². The number of rotatable bonds is 5. The maximum absolute atomic E-state index is 13.6. The second kappa shape index (κ2) is 9.09. The van der Waals surface area contributed by atoms with Gasteiger partial charge >= 0.3 is 0 Å². The van der Waals surface area contributed by atoms with Gasteiger partial charge in [-0.1, -0.05) is 33.6 Å². The first kappa shape index (κ1) is 22.9. The lowest BCUT2D eigenvalue weighted by Gasteiger charge is -2.11. The molecule has 2 heterocycles. The zero-order valence-corrected chi connectivity index (χ0v) is 20.3. The number of carbonyl (C=O) groups is 2. The Morgan fingerprint density at radius 1 is 1.06 bits per heavy atom. The molecule has 3 aromatic carbocycles. The van der Waals surface area contributed by atoms with E-state index in [0.29, 0.717) is 33.5 Å². The van der Waals surface area contributed by atoms with E-state index >= 15 is 0 Å². The number of nitrogens with one attached hydrogen (secondary N) is 1. The molecule has 0 unspecified atom stereocenters. The van der Waals surface area contributed by atoms with E-state index < -0.39 is 5.91 Å². The zero-order valence-electron chi connectivity index (χ0n) is 17.9. The molecule has 0 aliphatic heterocycles. The fraction of sp³-hybridized carbons (Fsp3) is 0.0400. The molecule has 0 aliphatic carbocycles. The SMILES string of the molecule is NC(=O)Cc1nn(-c2ccc(F)cc2)c2c1cc(Br)c1ccc(NC(=O)c3ccncc3Cl)cc12. The van der Waals surface area contributed by atoms with E-state index in [0.717, 1.165) is 15.2 Å². The van der Waals surface area contributed by atoms with Crippen LogP contribution in [0.25, 0.3) is 27.4 Å². The first-order valence-electron chi connectivity index (χ1n) is 10.4. The first-order valence-corrected chi connectivity index (χ1v) is 11.6. The molecule has 5 rings (SSSR count). The second-order valence-electron chi connectivity index (χ2n) is 7.80. The Morgan fingerprint density at radius 2 is 1.83 bits per heavy atom. The van der Waals surface area contributed by atoms with E-state index in [9.17, 15) is 14.0 Å². The van der Waals surface area contributed by atoms with E-state index in [1.165, 1.54) is 30.6 Å². The van der Waals surface area contributed by atoms with Gasteiger partial charge in [-0.2, -0.15) is 5.10 Å². The van der Waals surface area contributed by atoms with Crippen molar-refractivity contribution >= 4 is 66.7 Å². The maximum Gasteiger partial charge on any atom is 0.257 e. The number of anilines is 1. The number of fused-ring (bicyclic) bond motifs is 3. The molecule has 0 bridgehead atoms. The highest BCUT2D eigenvalue weighted by Gasteiger charge is 2.19. The summed E-state index contributed by atoms with van der Waals surface area (Å²) in [5.41, 5.74) is 8.06. The second-order valence-corrected chi connectivity index (χ2v) is 9.06. The molecule has 0 saturated carbocycles. The van der Waals surface area contributed by atoms with Crippen LogP contribution in [0.5, 0.6) is 0 Å². The molecule has 0 saturated heterocycles. The molecule has 5 aromatic rings. The molecule has 174 valence electrons. The summed E-state index contributed by atoms with van der Waals surface area (Å²) in [6.45, 7) is 0. The van der Waals surface area contributed by atoms with Crippen molar-refractivity contribution in [3.05, 3.63) is 93.6 Å². The molecular formula is C25H16BrClFN5O2. The monoisotopic (exact) mass is 551 g/mol. The van der Waals surface area contributed by atoms with Gasteiger partial charge < -0.3 is 11.1 Å². The average Bonchev–Trinajstić information content (AvgIpc) is 3.17. The number of nitrogens with two attached hydrogens (primary N) is 1. The van der Waals surface area contributed by atoms with Gasteiger partial charge in [0, 0.05) is 33.3 Å². The van der Waals surface area contributed by atoms with Crippen molar-refractivity contribution < 1.29 is 14.0 Å². The summed E-state index contributed by atoms with van der Waals surface area (Å²) in [5, 5.41) is 10.0. The van der Waals surface area contributed by atoms with Gasteiger partial charge in [0.05, 0.1) is 33.9 Å². The molecule has 35 heavy (non-hydrogen) atoms. The van der Waals surface area contributed by atoms with Crippen molar-refractivity contribution in [2.45, 2.75) is 6.42 Å². The topological polar surface area (TPSA) is 103 Å². The molecule has 0 radical (unpaired) electrons. The predicted molar refractivity (Wildman–Crippen MR) is 136 cm³/mol. The van der Waals surface area contributed by atoms with Crippen LogP contribution in [0.15, 0.2) is 71.5 Å². The van der Waals surface area contributed by atoms with E-state index in [-0.39, 0.29) is 23.2 Å². The van der Waals surface area contributed by atoms with Gasteiger partial charge in [-0.15, -0.1) is 0 Å². The third kappa shape index (κ3) is 4.36. The number of benzene rings is 3. The zero-order chi connectivity index (χ0) is 24.7. The fourth-order valence-corrected chi connectivity index (χ4v) is 4.72. The summed E-state index contributed by atoms with van der Waals surface area (Å²) >= 11 is 9.72. The molecule has 0 fully saturated rings. The molecule has 10 heteroatoms. The van der Waals surface area contributed by atoms with Gasteiger partial charge in [0.25, 0.3) is 5.91 Å². The standard InChI is InChI=1S/C25H16BrClFN5O2/c26-20-10-19-22(11-23(29)34)32-33(15-4-1-13(28)2-5-15)24(19)18-9-14(3-6-16(18)20)31-25(35)17-7-8-30-12-21(17)27/h1-10,12H,11H2,(H2,29,34)(H,31,35). The normalized spacial score (nSPS) is 11.2. The summed E-state index contributed by atoms with van der Waals surface area (Å²) in [5.74, 6) is -1.29. The Labute approximate surface area is 211 Å². The van der Waals surface area contributed by atoms with Crippen molar-refractivity contribution in [3.8, 4) is 5.69 Å². The Balaban J connectivity index is 1.72. The number of carbonyl (C=O) groups excluding carboxylic acids is 2. The minimum Gasteiger partial charge on any atom is -0.369 e. The maximum atomic E-state index is 13.6. The smallest absolute Gasteiger partial charge is 0.257 e. The van der Waals surface area contributed by atoms with Crippen LogP contribution in [0.2, 0.25) is 5.02 Å². The number of halogens is 3. The number of aromatic nitrogens is 3. The highest BCUT2D eigenvalue weighted by molar-refractivity contribution is 9.10. The van der Waals surface area contributed by atoms with Crippen LogP contribution in [0.1, 0.15) is 16.1 Å². The summed E-state index contributed by atoms with van der Waals surface area (Å²) in [7, 11) is 0. The summed E-state index contributed by atoms with van der Waals surface area (Å²) in [6.07, 6.45) is 2.82. The third-order valence-corrected chi connectivity index (χ3v) is 6.45. The third-order valence-electron chi connectivity index (χ3n) is 5.49. The van der Waals surface area contributed by atoms with Gasteiger partial charge in [0.15, 0.2) is 0 Å². The molecule has 0 spiro atoms. The predicted octanol–water partition coefficient (Wildman–Crippen LogP) is 5.41. The molecule has 3 N–H and O–H groups in total. The number of nitrogens with zero attached hydrogens (tertiary/aromatic N) is 3. The number of amides is 2. The molecule has 2 aromatic heterocycles. The highest BCUT2D eigenvalue weighted by atomic mass is 79.9. The summed E-state index contributed by atoms with van der Waals surface area (Å²) in [4.78, 5) is 28.5. The Morgan fingerprint density at radius 3 is 2.54 bits per heavy atom. The Hall–Kier alpha value is -3.82. The molecule has 0 aliphatic rings. The van der Waals surface area contributed by atoms with Crippen LogP contribution in [0, 0.1) is 5.82 Å². The minimum absolute atomic E-state index is 0.0698. The number of primary amides is 1. The van der Waals surface area contributed by atoms with Crippen molar-refractivity contribution in [1.29, 1.82) is 0 Å². The largest absolute Gasteiger partial charge is 0.369 e. The highest BCUT2D eigenvalue weighted by Crippen LogP contribution is 2.36. The number of hydrogen-bond donors (Lipinski definition) is 2. The van der Waals surface area contributed by atoms with Crippen molar-refractivity contribution in [1.82, 2.24) is 14.8 Å². The first-order chi connectivity index (χ1) is 16.8. The van der Waals surface area contributed by atoms with E-state index in [2.05, 4.69) is 31.3 Å². The lowest BCUT2D eigenvalue weighted by molar-refractivity contribution is -0.117. The summed E-state index contributed by atoms with van der Waals surface area (Å²) in [6, 6.07) is 14.7. The van der Waals surface area contributed by atoms with Crippen molar-refractivity contribution in [3.63, 3.8) is 0 Å². The van der Waals surface area contributed by atoms with Crippen LogP contribution in [0.3, 0.4) is 0 Å². The van der Waals surface area contributed by atoms with Crippen LogP contribution < -0.4 is 11.1 Å². The Bertz CT molecular complexity index is 1640. The summed E-state index contributed by atoms with van der Waals surface area (Å²) < 4.78 is 16.0. The quantitative estimate of drug-likeness (QED) is 0.304. The molecule has 7 nitrogen and oxygen atoms in total. The van der Waals surface area contributed by atoms with Crippen LogP contribution >= 0.6 is 27.5 Å². The van der Waals surface area contributed by atoms with Gasteiger partial charge in [0.1, 0.15) is 5.82 Å². The lowest BCUT2D eigenvalue weighted by Crippen LogP contribution is -2.14. The van der Waals surface area contributed by atoms with Gasteiger partial charge in [-0.25, -0.2) is 9.07 Å². The van der Waals surface area contributed by atoms with Gasteiger partial charge in [-0.05, 0) is 53.9 Å². The van der Waals surface area contributed by atoms with Crippen molar-refractivity contribution in [2.24, 2.45) is 5.73 Å². The number of hydrogen-bond acceptors (Lipinski definition) is 4. The minimum atomic E-state index is -0.526.